The molecule has 0 amide bonds. The van der Waals surface area contributed by atoms with Crippen molar-refractivity contribution < 1.29 is 120 Å². The van der Waals surface area contributed by atoms with E-state index in [1.807, 2.05) is 0 Å². The third kappa shape index (κ3) is 72.5. The average Bonchev–Trinajstić information content (AvgIpc) is 1.59. The summed E-state index contributed by atoms with van der Waals surface area (Å²) in [7, 11) is -8.44. The van der Waals surface area contributed by atoms with E-state index < -0.39 is 19.5 Å². The third-order valence-corrected chi connectivity index (χ3v) is 0.283. The maximum Gasteiger partial charge on any atom is 1.00 e. The van der Waals surface area contributed by atoms with Crippen LogP contribution in [0.1, 0.15) is 2.85 Å². The molecule has 0 aromatic heterocycles. The Morgan fingerprint density at radius 3 is 1.23 bits per heavy atom. The quantitative estimate of drug-likeness (QED) is 0.160. The fourth-order valence-electron chi connectivity index (χ4n) is 0. The van der Waals surface area contributed by atoms with E-state index in [9.17, 15) is 0 Å². The molecule has 0 heterocycles. The van der Waals surface area contributed by atoms with E-state index in [1.165, 1.54) is 0 Å². The van der Waals surface area contributed by atoms with Crippen LogP contribution in [-0.4, -0.2) is 31.5 Å². The Labute approximate surface area is 147 Å². The third-order valence-electron chi connectivity index (χ3n) is 0.0942. The van der Waals surface area contributed by atoms with Crippen LogP contribution >= 0.6 is 0 Å². The van der Waals surface area contributed by atoms with Crippen LogP contribution in [0.2, 0.25) is 0 Å². The zero-order valence-corrected chi connectivity index (χ0v) is 14.2. The molecule has 8 nitrogen and oxygen atoms in total. The summed E-state index contributed by atoms with van der Waals surface area (Å²) in [5.74, 6) is 0. The van der Waals surface area contributed by atoms with Crippen molar-refractivity contribution in [2.24, 2.45) is 0 Å². The van der Waals surface area contributed by atoms with Crippen molar-refractivity contribution in [2.75, 3.05) is 0 Å². The van der Waals surface area contributed by atoms with Crippen LogP contribution in [0.3, 0.4) is 0 Å². The molecule has 4 N–H and O–H groups in total. The van der Waals surface area contributed by atoms with Gasteiger partial charge in [-0.15, -0.1) is 0 Å². The molecule has 0 aromatic rings. The summed E-state index contributed by atoms with van der Waals surface area (Å²) in [5.41, 5.74) is 0. The summed E-state index contributed by atoms with van der Waals surface area (Å²) in [6.07, 6.45) is 0. The molecule has 0 aliphatic rings. The summed E-state index contributed by atoms with van der Waals surface area (Å²) >= 11 is 3.47. The zero-order chi connectivity index (χ0) is 9.71. The Balaban J connectivity index is -0.0000000215. The number of hydrogen-bond donors (Lipinski definition) is 4. The average molecular weight is 292 g/mol. The molecular formula is H6KNaO8S3. The molecule has 74 valence electrons. The fraction of sp³-hybridized carbons (Fsp3) is 0. The molecule has 0 aromatic carbocycles. The maximum atomic E-state index is 9.11. The van der Waals surface area contributed by atoms with Gasteiger partial charge in [-0.1, -0.05) is 4.33 Å². The molecule has 0 saturated carbocycles. The van der Waals surface area contributed by atoms with Crippen molar-refractivity contribution in [2.45, 2.75) is 0 Å². The number of rotatable bonds is 1. The van der Waals surface area contributed by atoms with Gasteiger partial charge in [0.1, 0.15) is 0 Å². The van der Waals surface area contributed by atoms with Gasteiger partial charge in [0.25, 0.3) is 9.05 Å². The minimum atomic E-state index is -4.61. The smallest absolute Gasteiger partial charge is 1.00 e. The Kier molecular flexibility index (Phi) is 21.5. The predicted molar refractivity (Wildman–Crippen MR) is 38.3 cm³/mol. The molecule has 13 heavy (non-hydrogen) atoms. The van der Waals surface area contributed by atoms with E-state index in [-0.39, 0.29) is 83.8 Å². The van der Waals surface area contributed by atoms with Crippen LogP contribution in [0, 0.1) is 0 Å². The molecule has 0 unspecified atom stereocenters. The van der Waals surface area contributed by atoms with Gasteiger partial charge in [0.05, 0.1) is 0 Å². The monoisotopic (exact) mass is 292 g/mol. The summed E-state index contributed by atoms with van der Waals surface area (Å²) in [6.45, 7) is 0. The molecule has 0 rings (SSSR count). The Hall–Kier alpha value is 2.76. The molecule has 0 radical (unpaired) electrons. The van der Waals surface area contributed by atoms with Gasteiger partial charge in [-0.25, -0.2) is 5.26 Å². The molecule has 0 fully saturated rings. The maximum absolute atomic E-state index is 9.11. The second kappa shape index (κ2) is 11.2. The zero-order valence-electron chi connectivity index (χ0n) is 8.65. The van der Waals surface area contributed by atoms with Gasteiger partial charge in [-0.3, -0.25) is 13.7 Å². The standard InChI is InChI=1S/K.Na.H2O5S.H2O3S2.2H/c;;1-5-6(2,3)4;1-5(2,3)4;;/h;;1H,(H,2,3,4);(H2,1,2,3,4);;/q2*+1;;;2*-1. The molecule has 0 bridgehead atoms. The summed E-state index contributed by atoms with van der Waals surface area (Å²) in [6, 6.07) is 0. The van der Waals surface area contributed by atoms with Crippen molar-refractivity contribution in [1.29, 1.82) is 0 Å². The van der Waals surface area contributed by atoms with E-state index in [1.54, 1.807) is 0 Å². The van der Waals surface area contributed by atoms with Crippen molar-refractivity contribution in [3.63, 3.8) is 0 Å². The van der Waals surface area contributed by atoms with Crippen LogP contribution in [0.25, 0.3) is 0 Å². The molecule has 0 atom stereocenters. The van der Waals surface area contributed by atoms with Gasteiger partial charge in [-0.05, 0) is 0 Å². The molecule has 0 saturated heterocycles. The van der Waals surface area contributed by atoms with Crippen molar-refractivity contribution in [3.8, 4) is 0 Å². The first kappa shape index (κ1) is 24.8. The van der Waals surface area contributed by atoms with Gasteiger partial charge in [0, 0.05) is 11.2 Å². The van der Waals surface area contributed by atoms with Crippen molar-refractivity contribution in [1.82, 2.24) is 0 Å². The second-order valence-corrected chi connectivity index (χ2v) is 4.15. The van der Waals surface area contributed by atoms with Crippen LogP contribution in [0.5, 0.6) is 0 Å². The van der Waals surface area contributed by atoms with Crippen molar-refractivity contribution >= 4 is 30.6 Å². The van der Waals surface area contributed by atoms with E-state index in [0.717, 1.165) is 0 Å². The first-order valence-electron chi connectivity index (χ1n) is 1.56. The first-order valence-corrected chi connectivity index (χ1v) is 5.33. The minimum Gasteiger partial charge on any atom is -1.00 e. The summed E-state index contributed by atoms with van der Waals surface area (Å²) in [5, 5.41) is 7.06. The molecular weight excluding hydrogens is 286 g/mol. The SMILES string of the molecule is O=S(=O)(O)OO.O=S(O)(O)=S.[H-].[H-].[K+].[Na+]. The van der Waals surface area contributed by atoms with Gasteiger partial charge >= 0.3 is 91.3 Å². The largest absolute Gasteiger partial charge is 1.00 e. The summed E-state index contributed by atoms with van der Waals surface area (Å²) in [4.78, 5) is 0. The second-order valence-electron chi connectivity index (χ2n) is 0.950. The van der Waals surface area contributed by atoms with Gasteiger partial charge in [0.15, 0.2) is 0 Å². The Morgan fingerprint density at radius 1 is 1.15 bits per heavy atom. The van der Waals surface area contributed by atoms with Crippen LogP contribution in [0.15, 0.2) is 0 Å². The molecule has 13 heteroatoms. The summed E-state index contributed by atoms with van der Waals surface area (Å²) < 4.78 is 51.9. The van der Waals surface area contributed by atoms with E-state index >= 15 is 0 Å². The molecule has 0 aliphatic carbocycles. The van der Waals surface area contributed by atoms with Crippen LogP contribution < -0.4 is 80.9 Å². The molecule has 0 spiro atoms. The first-order chi connectivity index (χ1) is 4.56. The van der Waals surface area contributed by atoms with E-state index in [0.29, 0.717) is 0 Å². The van der Waals surface area contributed by atoms with Gasteiger partial charge in [0.2, 0.25) is 0 Å². The Bertz CT molecular complexity index is 275. The van der Waals surface area contributed by atoms with Crippen LogP contribution in [0.4, 0.5) is 0 Å². The van der Waals surface area contributed by atoms with Crippen LogP contribution in [-0.2, 0) is 35.0 Å². The Morgan fingerprint density at radius 2 is 1.23 bits per heavy atom. The number of hydrogen-bond acceptors (Lipinski definition) is 6. The normalized spacial score (nSPS) is 9.85. The van der Waals surface area contributed by atoms with E-state index in [4.69, 9.17) is 31.5 Å². The fourth-order valence-corrected chi connectivity index (χ4v) is 0. The predicted octanol–water partition coefficient (Wildman–Crippen LogP) is -6.81. The van der Waals surface area contributed by atoms with Crippen molar-refractivity contribution in [3.05, 3.63) is 0 Å². The van der Waals surface area contributed by atoms with E-state index in [2.05, 4.69) is 15.5 Å². The minimum absolute atomic E-state index is 0. The van der Waals surface area contributed by atoms with Gasteiger partial charge < -0.3 is 2.85 Å². The van der Waals surface area contributed by atoms with Gasteiger partial charge in [-0.2, -0.15) is 12.6 Å². The topological polar surface area (TPSA) is 141 Å². The molecule has 0 aliphatic heterocycles.